The summed E-state index contributed by atoms with van der Waals surface area (Å²) in [6, 6.07) is 4.35. The Bertz CT molecular complexity index is 1070. The maximum atomic E-state index is 13.4. The molecule has 2 unspecified atom stereocenters. The molecule has 1 aliphatic heterocycles. The van der Waals surface area contributed by atoms with Crippen molar-refractivity contribution in [2.45, 2.75) is 69.0 Å². The number of amides is 2. The first-order valence-corrected chi connectivity index (χ1v) is 12.9. The molecule has 1 heterocycles. The second-order valence-electron chi connectivity index (χ2n) is 9.11. The van der Waals surface area contributed by atoms with Gasteiger partial charge in [0.2, 0.25) is 16.3 Å². The molecule has 1 aromatic rings. The number of thioether (sulfide) groups is 1. The highest BCUT2D eigenvalue weighted by molar-refractivity contribution is 8.00. The Balaban J connectivity index is 2.37. The van der Waals surface area contributed by atoms with Gasteiger partial charge in [-0.3, -0.25) is 14.9 Å². The predicted molar refractivity (Wildman–Crippen MR) is 128 cm³/mol. The number of carboxylic acid groups (broad SMARTS) is 1. The summed E-state index contributed by atoms with van der Waals surface area (Å²) < 4.78 is 32.9. The Morgan fingerprint density at radius 3 is 2.35 bits per heavy atom. The van der Waals surface area contributed by atoms with Crippen molar-refractivity contribution in [3.05, 3.63) is 24.3 Å². The Morgan fingerprint density at radius 2 is 1.88 bits per heavy atom. The number of nitrogens with one attached hydrogen (secondary N) is 1. The highest BCUT2D eigenvalue weighted by Crippen LogP contribution is 2.38. The van der Waals surface area contributed by atoms with E-state index in [2.05, 4.69) is 11.8 Å². The molecule has 0 saturated carbocycles. The van der Waals surface area contributed by atoms with E-state index in [4.69, 9.17) is 4.74 Å². The van der Waals surface area contributed by atoms with Gasteiger partial charge < -0.3 is 9.84 Å². The third-order valence-corrected chi connectivity index (χ3v) is 8.43. The van der Waals surface area contributed by atoms with Crippen LogP contribution in [0.2, 0.25) is 0 Å². The fraction of sp³-hybridized carbons (Fsp3) is 0.545. The van der Waals surface area contributed by atoms with Crippen LogP contribution in [0.15, 0.2) is 29.2 Å². The molecule has 0 aliphatic carbocycles. The van der Waals surface area contributed by atoms with Crippen molar-refractivity contribution >= 4 is 33.8 Å². The summed E-state index contributed by atoms with van der Waals surface area (Å²) >= 11 is 1.44. The molecule has 12 heteroatoms. The van der Waals surface area contributed by atoms with Crippen LogP contribution in [0.4, 0.5) is 4.79 Å². The summed E-state index contributed by atoms with van der Waals surface area (Å²) in [6.45, 7) is 10.3. The fourth-order valence-electron chi connectivity index (χ4n) is 3.68. The normalized spacial score (nSPS) is 19.3. The van der Waals surface area contributed by atoms with Crippen molar-refractivity contribution in [3.8, 4) is 17.6 Å². The van der Waals surface area contributed by atoms with Crippen LogP contribution in [0.5, 0.6) is 5.75 Å². The molecule has 1 saturated heterocycles. The molecule has 1 fully saturated rings. The molecule has 34 heavy (non-hydrogen) atoms. The SMILES string of the molecule is CC#CC(Oc1ccc(S(=O)(=O)N2CCSC(C)(C)C2C(=O)NO)cc1)N(C(=O)O)C(C)(C)C. The minimum absolute atomic E-state index is 0.0673. The number of carbonyl (C=O) groups is 2. The van der Waals surface area contributed by atoms with E-state index in [-0.39, 0.29) is 17.2 Å². The monoisotopic (exact) mass is 513 g/mol. The zero-order chi connectivity index (χ0) is 25.9. The van der Waals surface area contributed by atoms with Crippen molar-refractivity contribution in [1.29, 1.82) is 0 Å². The zero-order valence-corrected chi connectivity index (χ0v) is 21.7. The van der Waals surface area contributed by atoms with Crippen molar-refractivity contribution in [3.63, 3.8) is 0 Å². The van der Waals surface area contributed by atoms with E-state index < -0.39 is 44.6 Å². The molecule has 0 radical (unpaired) electrons. The molecule has 188 valence electrons. The maximum Gasteiger partial charge on any atom is 0.411 e. The molecule has 2 rings (SSSR count). The van der Waals surface area contributed by atoms with Gasteiger partial charge in [0.15, 0.2) is 0 Å². The lowest BCUT2D eigenvalue weighted by Gasteiger charge is -2.43. The lowest BCUT2D eigenvalue weighted by molar-refractivity contribution is -0.134. The number of benzene rings is 1. The highest BCUT2D eigenvalue weighted by atomic mass is 32.2. The number of nitrogens with zero attached hydrogens (tertiary/aromatic N) is 2. The third-order valence-electron chi connectivity index (χ3n) is 5.20. The van der Waals surface area contributed by atoms with Gasteiger partial charge in [-0.15, -0.1) is 5.92 Å². The van der Waals surface area contributed by atoms with Gasteiger partial charge in [-0.25, -0.2) is 18.7 Å². The van der Waals surface area contributed by atoms with Crippen molar-refractivity contribution in [2.75, 3.05) is 12.3 Å². The maximum absolute atomic E-state index is 13.4. The number of hydroxylamine groups is 1. The largest absolute Gasteiger partial charge is 0.465 e. The molecular weight excluding hydrogens is 482 g/mol. The van der Waals surface area contributed by atoms with Crippen LogP contribution in [-0.2, 0) is 14.8 Å². The summed E-state index contributed by atoms with van der Waals surface area (Å²) in [7, 11) is -4.09. The van der Waals surface area contributed by atoms with Crippen LogP contribution < -0.4 is 10.2 Å². The Kier molecular flexibility index (Phi) is 8.53. The predicted octanol–water partition coefficient (Wildman–Crippen LogP) is 2.58. The van der Waals surface area contributed by atoms with E-state index in [9.17, 15) is 28.3 Å². The molecule has 0 bridgehead atoms. The van der Waals surface area contributed by atoms with Gasteiger partial charge in [0.1, 0.15) is 11.8 Å². The van der Waals surface area contributed by atoms with Gasteiger partial charge in [-0.2, -0.15) is 16.1 Å². The second kappa shape index (κ2) is 10.4. The third kappa shape index (κ3) is 5.96. The number of sulfonamides is 1. The lowest BCUT2D eigenvalue weighted by atomic mass is 10.0. The molecule has 2 amide bonds. The van der Waals surface area contributed by atoms with Crippen molar-refractivity contribution in [1.82, 2.24) is 14.7 Å². The van der Waals surface area contributed by atoms with Crippen LogP contribution in [0.3, 0.4) is 0 Å². The molecule has 0 spiro atoms. The van der Waals surface area contributed by atoms with Gasteiger partial charge in [0.25, 0.3) is 5.91 Å². The van der Waals surface area contributed by atoms with E-state index in [1.54, 1.807) is 47.0 Å². The quantitative estimate of drug-likeness (QED) is 0.229. The standard InChI is InChI=1S/C22H31N3O7S2/c1-7-8-17(25(20(27)28)21(2,3)4)32-15-9-11-16(12-10-15)34(30,31)24-13-14-33-22(5,6)18(24)19(26)23-29/h9-12,17-18,29H,13-14H2,1-6H3,(H,23,26)(H,27,28). The summed E-state index contributed by atoms with van der Waals surface area (Å²) in [4.78, 5) is 25.2. The minimum atomic E-state index is -4.09. The van der Waals surface area contributed by atoms with Gasteiger partial charge in [0.05, 0.1) is 4.90 Å². The van der Waals surface area contributed by atoms with E-state index in [1.165, 1.54) is 36.0 Å². The first-order valence-electron chi connectivity index (χ1n) is 10.5. The minimum Gasteiger partial charge on any atom is -0.465 e. The topological polar surface area (TPSA) is 136 Å². The molecular formula is C22H31N3O7S2. The van der Waals surface area contributed by atoms with Gasteiger partial charge >= 0.3 is 6.09 Å². The van der Waals surface area contributed by atoms with Gasteiger partial charge in [0, 0.05) is 22.6 Å². The average Bonchev–Trinajstić information content (AvgIpc) is 2.71. The fourth-order valence-corrected chi connectivity index (χ4v) is 6.79. The first-order chi connectivity index (χ1) is 15.7. The average molecular weight is 514 g/mol. The van der Waals surface area contributed by atoms with E-state index >= 15 is 0 Å². The number of hydrogen-bond donors (Lipinski definition) is 3. The van der Waals surface area contributed by atoms with Crippen LogP contribution in [-0.4, -0.2) is 74.8 Å². The molecule has 0 aromatic heterocycles. The highest BCUT2D eigenvalue weighted by Gasteiger charge is 2.48. The summed E-state index contributed by atoms with van der Waals surface area (Å²) in [6.07, 6.45) is -2.32. The Hall–Kier alpha value is -2.46. The van der Waals surface area contributed by atoms with E-state index in [0.29, 0.717) is 5.75 Å². The number of ether oxygens (including phenoxy) is 1. The summed E-state index contributed by atoms with van der Waals surface area (Å²) in [5.41, 5.74) is 0.774. The number of hydrogen-bond acceptors (Lipinski definition) is 7. The first kappa shape index (κ1) is 27.8. The lowest BCUT2D eigenvalue weighted by Crippen LogP contribution is -2.61. The van der Waals surface area contributed by atoms with Gasteiger partial charge in [-0.05, 0) is 71.7 Å². The van der Waals surface area contributed by atoms with Crippen molar-refractivity contribution < 1.29 is 33.1 Å². The molecule has 10 nitrogen and oxygen atoms in total. The Morgan fingerprint density at radius 1 is 1.29 bits per heavy atom. The van der Waals surface area contributed by atoms with Crippen LogP contribution >= 0.6 is 11.8 Å². The summed E-state index contributed by atoms with van der Waals surface area (Å²) in [5, 5.41) is 18.8. The molecule has 3 N–H and O–H groups in total. The summed E-state index contributed by atoms with van der Waals surface area (Å²) in [5.74, 6) is 5.28. The van der Waals surface area contributed by atoms with Crippen molar-refractivity contribution in [2.24, 2.45) is 0 Å². The molecule has 2 atom stereocenters. The second-order valence-corrected chi connectivity index (χ2v) is 12.7. The smallest absolute Gasteiger partial charge is 0.411 e. The van der Waals surface area contributed by atoms with E-state index in [1.807, 2.05) is 0 Å². The molecule has 1 aromatic carbocycles. The van der Waals surface area contributed by atoms with Crippen LogP contribution in [0.25, 0.3) is 0 Å². The zero-order valence-electron chi connectivity index (χ0n) is 20.0. The Labute approximate surface area is 204 Å². The number of carbonyl (C=O) groups excluding carboxylic acids is 1. The van der Waals surface area contributed by atoms with Crippen LogP contribution in [0, 0.1) is 11.8 Å². The molecule has 1 aliphatic rings. The number of rotatable bonds is 6. The van der Waals surface area contributed by atoms with Gasteiger partial charge in [-0.1, -0.05) is 0 Å². The van der Waals surface area contributed by atoms with Crippen LogP contribution in [0.1, 0.15) is 41.5 Å². The van der Waals surface area contributed by atoms with E-state index in [0.717, 1.165) is 9.21 Å².